The number of pyridine rings is 1. The summed E-state index contributed by atoms with van der Waals surface area (Å²) in [4.78, 5) is 23.4. The molecule has 1 amide bonds. The molecule has 98 valence electrons. The molecule has 0 bridgehead atoms. The lowest BCUT2D eigenvalue weighted by atomic mass is 9.92. The Hall–Kier alpha value is -1.62. The highest BCUT2D eigenvalue weighted by molar-refractivity contribution is 5.94. The maximum Gasteiger partial charge on any atom is 0.251 e. The van der Waals surface area contributed by atoms with Crippen molar-refractivity contribution in [3.05, 3.63) is 34.2 Å². The molecule has 0 unspecified atom stereocenters. The number of amides is 1. The molecule has 1 aliphatic rings. The summed E-state index contributed by atoms with van der Waals surface area (Å²) in [5.74, 6) is -0.293. The Morgan fingerprint density at radius 2 is 2.17 bits per heavy atom. The molecule has 1 aromatic heterocycles. The van der Waals surface area contributed by atoms with E-state index in [4.69, 9.17) is 0 Å². The standard InChI is InChI=1S/C13H18N2O3/c1-15-7-6-9(8-12(15)17)13(18)14-10-4-2-3-5-11(10)16/h6-8,10-11,16H,2-5H2,1H3,(H,14,18)/t10-,11-/m1/s1. The van der Waals surface area contributed by atoms with Gasteiger partial charge in [0, 0.05) is 24.9 Å². The number of carbonyl (C=O) groups is 1. The maximum absolute atomic E-state index is 12.0. The third kappa shape index (κ3) is 2.79. The van der Waals surface area contributed by atoms with Crippen LogP contribution in [-0.2, 0) is 7.05 Å². The molecule has 0 radical (unpaired) electrons. The molecule has 0 saturated heterocycles. The van der Waals surface area contributed by atoms with Gasteiger partial charge in [-0.2, -0.15) is 0 Å². The molecule has 5 heteroatoms. The van der Waals surface area contributed by atoms with Crippen molar-refractivity contribution in [3.8, 4) is 0 Å². The lowest BCUT2D eigenvalue weighted by Gasteiger charge is -2.28. The first kappa shape index (κ1) is 12.8. The minimum absolute atomic E-state index is 0.199. The van der Waals surface area contributed by atoms with E-state index in [-0.39, 0.29) is 17.5 Å². The van der Waals surface area contributed by atoms with Crippen LogP contribution in [0.4, 0.5) is 0 Å². The zero-order valence-corrected chi connectivity index (χ0v) is 10.4. The number of rotatable bonds is 2. The number of hydrogen-bond acceptors (Lipinski definition) is 3. The molecule has 1 heterocycles. The summed E-state index contributed by atoms with van der Waals surface area (Å²) in [5, 5.41) is 12.6. The summed E-state index contributed by atoms with van der Waals surface area (Å²) in [6.07, 6.45) is 4.61. The van der Waals surface area contributed by atoms with Gasteiger partial charge in [0.05, 0.1) is 12.1 Å². The fraction of sp³-hybridized carbons (Fsp3) is 0.538. The summed E-state index contributed by atoms with van der Waals surface area (Å²) in [5.41, 5.74) is 0.128. The molecule has 2 N–H and O–H groups in total. The van der Waals surface area contributed by atoms with Gasteiger partial charge in [0.15, 0.2) is 0 Å². The predicted molar refractivity (Wildman–Crippen MR) is 67.4 cm³/mol. The first-order valence-corrected chi connectivity index (χ1v) is 6.23. The Morgan fingerprint density at radius 1 is 1.44 bits per heavy atom. The maximum atomic E-state index is 12.0. The molecule has 2 rings (SSSR count). The Balaban J connectivity index is 2.07. The second-order valence-electron chi connectivity index (χ2n) is 4.80. The number of hydrogen-bond donors (Lipinski definition) is 2. The van der Waals surface area contributed by atoms with Crippen molar-refractivity contribution in [1.29, 1.82) is 0 Å². The van der Waals surface area contributed by atoms with E-state index in [1.807, 2.05) is 0 Å². The van der Waals surface area contributed by atoms with Gasteiger partial charge < -0.3 is 15.0 Å². The van der Waals surface area contributed by atoms with Gasteiger partial charge in [-0.05, 0) is 18.9 Å². The average molecular weight is 250 g/mol. The Kier molecular flexibility index (Phi) is 3.81. The van der Waals surface area contributed by atoms with Gasteiger partial charge in [-0.15, -0.1) is 0 Å². The first-order valence-electron chi connectivity index (χ1n) is 6.23. The van der Waals surface area contributed by atoms with Crippen molar-refractivity contribution in [2.75, 3.05) is 0 Å². The van der Waals surface area contributed by atoms with E-state index in [0.29, 0.717) is 5.56 Å². The third-order valence-electron chi connectivity index (χ3n) is 3.41. The number of aromatic nitrogens is 1. The Labute approximate surface area is 105 Å². The second kappa shape index (κ2) is 5.35. The molecule has 1 saturated carbocycles. The van der Waals surface area contributed by atoms with Crippen LogP contribution in [0.2, 0.25) is 0 Å². The van der Waals surface area contributed by atoms with Crippen LogP contribution in [0.3, 0.4) is 0 Å². The van der Waals surface area contributed by atoms with Gasteiger partial charge in [0.1, 0.15) is 0 Å². The first-order chi connectivity index (χ1) is 8.58. The lowest BCUT2D eigenvalue weighted by molar-refractivity contribution is 0.0717. The number of aliphatic hydroxyl groups is 1. The highest BCUT2D eigenvalue weighted by atomic mass is 16.3. The number of aliphatic hydroxyl groups excluding tert-OH is 1. The molecule has 1 aromatic rings. The van der Waals surface area contributed by atoms with Crippen LogP contribution in [0.25, 0.3) is 0 Å². The van der Waals surface area contributed by atoms with E-state index in [1.54, 1.807) is 19.3 Å². The number of nitrogens with one attached hydrogen (secondary N) is 1. The monoisotopic (exact) mass is 250 g/mol. The smallest absolute Gasteiger partial charge is 0.251 e. The molecule has 18 heavy (non-hydrogen) atoms. The van der Waals surface area contributed by atoms with Crippen LogP contribution >= 0.6 is 0 Å². The average Bonchev–Trinajstić information content (AvgIpc) is 2.35. The minimum atomic E-state index is -0.478. The van der Waals surface area contributed by atoms with E-state index in [1.165, 1.54) is 10.6 Å². The van der Waals surface area contributed by atoms with Crippen LogP contribution in [0.15, 0.2) is 23.1 Å². The van der Waals surface area contributed by atoms with Gasteiger partial charge in [-0.3, -0.25) is 9.59 Å². The van der Waals surface area contributed by atoms with Gasteiger partial charge in [0.25, 0.3) is 11.5 Å². The van der Waals surface area contributed by atoms with Crippen LogP contribution < -0.4 is 10.9 Å². The topological polar surface area (TPSA) is 71.3 Å². The minimum Gasteiger partial charge on any atom is -0.391 e. The van der Waals surface area contributed by atoms with Gasteiger partial charge in [-0.25, -0.2) is 0 Å². The molecule has 0 aliphatic heterocycles. The summed E-state index contributed by atoms with van der Waals surface area (Å²) in [6.45, 7) is 0. The molecule has 0 spiro atoms. The molecular weight excluding hydrogens is 232 g/mol. The van der Waals surface area contributed by atoms with E-state index in [2.05, 4.69) is 5.32 Å². The Bertz CT molecular complexity index is 495. The normalized spacial score (nSPS) is 23.7. The SMILES string of the molecule is Cn1ccc(C(=O)N[C@@H]2CCCC[C@H]2O)cc1=O. The van der Waals surface area contributed by atoms with Crippen molar-refractivity contribution in [2.24, 2.45) is 7.05 Å². The highest BCUT2D eigenvalue weighted by Crippen LogP contribution is 2.18. The molecule has 2 atom stereocenters. The quantitative estimate of drug-likeness (QED) is 0.799. The van der Waals surface area contributed by atoms with Crippen LogP contribution in [-0.4, -0.2) is 27.7 Å². The van der Waals surface area contributed by atoms with Gasteiger partial charge in [0.2, 0.25) is 0 Å². The zero-order chi connectivity index (χ0) is 13.1. The van der Waals surface area contributed by atoms with Crippen LogP contribution in [0.1, 0.15) is 36.0 Å². The van der Waals surface area contributed by atoms with E-state index in [9.17, 15) is 14.7 Å². The van der Waals surface area contributed by atoms with Gasteiger partial charge >= 0.3 is 0 Å². The van der Waals surface area contributed by atoms with Crippen molar-refractivity contribution in [1.82, 2.24) is 9.88 Å². The fourth-order valence-corrected chi connectivity index (χ4v) is 2.22. The van der Waals surface area contributed by atoms with Crippen molar-refractivity contribution in [3.63, 3.8) is 0 Å². The number of aryl methyl sites for hydroxylation is 1. The Morgan fingerprint density at radius 3 is 2.83 bits per heavy atom. The molecule has 0 aromatic carbocycles. The summed E-state index contributed by atoms with van der Waals surface area (Å²) >= 11 is 0. The number of carbonyl (C=O) groups excluding carboxylic acids is 1. The highest BCUT2D eigenvalue weighted by Gasteiger charge is 2.24. The van der Waals surface area contributed by atoms with E-state index < -0.39 is 6.10 Å². The third-order valence-corrected chi connectivity index (χ3v) is 3.41. The predicted octanol–water partition coefficient (Wildman–Crippen LogP) is 0.419. The van der Waals surface area contributed by atoms with E-state index in [0.717, 1.165) is 25.7 Å². The number of nitrogens with zero attached hydrogens (tertiary/aromatic N) is 1. The fourth-order valence-electron chi connectivity index (χ4n) is 2.22. The van der Waals surface area contributed by atoms with Crippen LogP contribution in [0, 0.1) is 0 Å². The largest absolute Gasteiger partial charge is 0.391 e. The summed E-state index contributed by atoms with van der Waals surface area (Å²) in [6, 6.07) is 2.71. The molecular formula is C13H18N2O3. The van der Waals surface area contributed by atoms with E-state index >= 15 is 0 Å². The summed E-state index contributed by atoms with van der Waals surface area (Å²) in [7, 11) is 1.63. The van der Waals surface area contributed by atoms with Crippen LogP contribution in [0.5, 0.6) is 0 Å². The van der Waals surface area contributed by atoms with Gasteiger partial charge in [-0.1, -0.05) is 12.8 Å². The molecule has 1 aliphatic carbocycles. The van der Waals surface area contributed by atoms with Crippen molar-refractivity contribution < 1.29 is 9.90 Å². The van der Waals surface area contributed by atoms with Crippen molar-refractivity contribution >= 4 is 5.91 Å². The molecule has 5 nitrogen and oxygen atoms in total. The lowest BCUT2D eigenvalue weighted by Crippen LogP contribution is -2.45. The zero-order valence-electron chi connectivity index (χ0n) is 10.4. The summed E-state index contributed by atoms with van der Waals surface area (Å²) < 4.78 is 1.41. The van der Waals surface area contributed by atoms with Crippen molar-refractivity contribution in [2.45, 2.75) is 37.8 Å². The second-order valence-corrected chi connectivity index (χ2v) is 4.80. The molecule has 1 fully saturated rings.